The third-order valence-electron chi connectivity index (χ3n) is 7.99. The first kappa shape index (κ1) is 34.3. The van der Waals surface area contributed by atoms with Crippen LogP contribution in [0.4, 0.5) is 0 Å². The highest BCUT2D eigenvalue weighted by atomic mass is 16.7. The molecule has 1 aliphatic carbocycles. The van der Waals surface area contributed by atoms with Gasteiger partial charge in [0.2, 0.25) is 5.91 Å². The number of amides is 1. The van der Waals surface area contributed by atoms with E-state index in [1.165, 1.54) is 0 Å². The molecule has 0 radical (unpaired) electrons. The summed E-state index contributed by atoms with van der Waals surface area (Å²) in [5.74, 6) is -2.09. The van der Waals surface area contributed by atoms with Crippen LogP contribution in [0.5, 0.6) is 0 Å². The maximum absolute atomic E-state index is 12.5. The molecule has 240 valence electrons. The molecule has 0 spiro atoms. The Balaban J connectivity index is 1.90. The van der Waals surface area contributed by atoms with Crippen LogP contribution in [0.3, 0.4) is 0 Å². The van der Waals surface area contributed by atoms with Crippen LogP contribution >= 0.6 is 0 Å². The molecular weight excluding hydrogens is 554 g/mol. The van der Waals surface area contributed by atoms with Gasteiger partial charge in [-0.05, 0) is 6.42 Å². The van der Waals surface area contributed by atoms with E-state index in [0.29, 0.717) is 0 Å². The summed E-state index contributed by atoms with van der Waals surface area (Å²) >= 11 is 0. The summed E-state index contributed by atoms with van der Waals surface area (Å²) in [6.07, 6.45) is -18.2. The number of hydrogen-bond acceptors (Lipinski definition) is 17. The molecule has 18 heteroatoms. The molecule has 3 fully saturated rings. The zero-order chi connectivity index (χ0) is 30.6. The Morgan fingerprint density at radius 2 is 1.61 bits per heavy atom. The van der Waals surface area contributed by atoms with E-state index in [9.17, 15) is 45.6 Å². The van der Waals surface area contributed by atoms with Crippen molar-refractivity contribution in [3.8, 4) is 0 Å². The average molecular weight is 600 g/mol. The molecule has 3 aliphatic rings. The summed E-state index contributed by atoms with van der Waals surface area (Å²) in [6.45, 7) is -1.17. The van der Waals surface area contributed by atoms with Gasteiger partial charge in [-0.25, -0.2) is 0 Å². The fraction of sp³-hybridized carbons (Fsp3) is 0.957. The molecule has 0 bridgehead atoms. The van der Waals surface area contributed by atoms with Gasteiger partial charge in [-0.15, -0.1) is 0 Å². The number of carbonyl (C=O) groups is 1. The van der Waals surface area contributed by atoms with Crippen molar-refractivity contribution in [3.63, 3.8) is 0 Å². The zero-order valence-corrected chi connectivity index (χ0v) is 22.4. The van der Waals surface area contributed by atoms with Crippen molar-refractivity contribution >= 4 is 5.91 Å². The second-order valence-electron chi connectivity index (χ2n) is 10.8. The summed E-state index contributed by atoms with van der Waals surface area (Å²) in [6, 6.07) is -3.44. The molecule has 2 heterocycles. The van der Waals surface area contributed by atoms with Crippen LogP contribution in [-0.4, -0.2) is 176 Å². The number of aliphatic hydroxyl groups is 9. The molecule has 2 saturated heterocycles. The summed E-state index contributed by atoms with van der Waals surface area (Å²) < 4.78 is 17.3. The molecular formula is C23H45N5O13. The summed E-state index contributed by atoms with van der Waals surface area (Å²) in [7, 11) is 0. The molecule has 3 rings (SSSR count). The number of aliphatic hydroxyl groups excluding tert-OH is 9. The third-order valence-corrected chi connectivity index (χ3v) is 7.99. The second kappa shape index (κ2) is 15.0. The summed E-state index contributed by atoms with van der Waals surface area (Å²) in [5.41, 5.74) is 17.6. The van der Waals surface area contributed by atoms with E-state index in [1.807, 2.05) is 0 Å². The van der Waals surface area contributed by atoms with Gasteiger partial charge in [0, 0.05) is 31.6 Å². The van der Waals surface area contributed by atoms with Crippen molar-refractivity contribution in [2.24, 2.45) is 23.1 Å². The van der Waals surface area contributed by atoms with Gasteiger partial charge in [-0.1, -0.05) is 0 Å². The lowest BCUT2D eigenvalue weighted by molar-refractivity contribution is -0.310. The van der Waals surface area contributed by atoms with Crippen LogP contribution in [0.15, 0.2) is 0 Å². The number of hydrogen-bond donors (Lipinski definition) is 14. The molecule has 0 aromatic rings. The zero-order valence-electron chi connectivity index (χ0n) is 22.4. The normalized spacial score (nSPS) is 46.2. The van der Waals surface area contributed by atoms with Gasteiger partial charge in [-0.3, -0.25) is 4.79 Å². The van der Waals surface area contributed by atoms with Crippen LogP contribution in [0.2, 0.25) is 0 Å². The van der Waals surface area contributed by atoms with E-state index in [0.717, 1.165) is 0 Å². The third kappa shape index (κ3) is 7.50. The van der Waals surface area contributed by atoms with Crippen molar-refractivity contribution in [3.05, 3.63) is 0 Å². The van der Waals surface area contributed by atoms with Crippen LogP contribution in [0, 0.1) is 5.92 Å². The van der Waals surface area contributed by atoms with Crippen LogP contribution in [-0.2, 0) is 19.0 Å². The van der Waals surface area contributed by atoms with Gasteiger partial charge < -0.3 is 88.0 Å². The Morgan fingerprint density at radius 1 is 0.927 bits per heavy atom. The minimum atomic E-state index is -1.71. The lowest BCUT2D eigenvalue weighted by Gasteiger charge is -2.52. The Morgan fingerprint density at radius 3 is 2.22 bits per heavy atom. The average Bonchev–Trinajstić information content (AvgIpc) is 2.95. The predicted molar refractivity (Wildman–Crippen MR) is 136 cm³/mol. The first-order chi connectivity index (χ1) is 19.4. The standard InChI is InChI=1S/C23H45N5O13/c24-4-9(31)22(38)28-8-3-7(25)12(21-19(37)18(36)15(33)10(39-21)5-27-1-2-29)16(34)20(8)41-23-17(35)13(26)14(32)11(6-30)40-23/h7-21,23,27,29-37H,1-6,24-26H2,(H,28,38). The number of nitrogens with one attached hydrogen (secondary N) is 2. The predicted octanol–water partition coefficient (Wildman–Crippen LogP) is -8.92. The summed E-state index contributed by atoms with van der Waals surface area (Å²) in [5, 5.41) is 98.0. The van der Waals surface area contributed by atoms with E-state index in [4.69, 9.17) is 36.5 Å². The topological polar surface area (TPSA) is 329 Å². The van der Waals surface area contributed by atoms with Crippen molar-refractivity contribution in [2.45, 2.75) is 98.0 Å². The van der Waals surface area contributed by atoms with E-state index < -0.39 is 117 Å². The smallest absolute Gasteiger partial charge is 0.250 e. The maximum Gasteiger partial charge on any atom is 0.250 e. The molecule has 17 N–H and O–H groups in total. The van der Waals surface area contributed by atoms with Crippen molar-refractivity contribution < 1.29 is 65.0 Å². The Kier molecular flexibility index (Phi) is 12.6. The number of carbonyl (C=O) groups excluding carboxylic acids is 1. The fourth-order valence-corrected chi connectivity index (χ4v) is 5.61. The van der Waals surface area contributed by atoms with Gasteiger partial charge in [0.05, 0.1) is 43.6 Å². The van der Waals surface area contributed by atoms with Gasteiger partial charge in [0.25, 0.3) is 0 Å². The van der Waals surface area contributed by atoms with Crippen LogP contribution in [0.1, 0.15) is 6.42 Å². The lowest BCUT2D eigenvalue weighted by atomic mass is 9.72. The highest BCUT2D eigenvalue weighted by molar-refractivity contribution is 5.81. The highest BCUT2D eigenvalue weighted by Crippen LogP contribution is 2.37. The molecule has 0 aromatic heterocycles. The van der Waals surface area contributed by atoms with Gasteiger partial charge in [0.1, 0.15) is 48.8 Å². The Bertz CT molecular complexity index is 833. The fourth-order valence-electron chi connectivity index (χ4n) is 5.61. The SMILES string of the molecule is NCC(O)C(=O)NC1CC(N)C(C2OC(CNCCO)C(O)C(O)C2O)C(O)C1OC1OC(CO)C(O)C(N)C1O. The first-order valence-corrected chi connectivity index (χ1v) is 13.5. The van der Waals surface area contributed by atoms with E-state index in [1.54, 1.807) is 0 Å². The first-order valence-electron chi connectivity index (χ1n) is 13.5. The van der Waals surface area contributed by atoms with Crippen LogP contribution in [0.25, 0.3) is 0 Å². The maximum atomic E-state index is 12.5. The largest absolute Gasteiger partial charge is 0.395 e. The van der Waals surface area contributed by atoms with E-state index in [-0.39, 0.29) is 26.1 Å². The quantitative estimate of drug-likeness (QED) is 0.0980. The number of nitrogens with two attached hydrogens (primary N) is 3. The van der Waals surface area contributed by atoms with E-state index >= 15 is 0 Å². The molecule has 41 heavy (non-hydrogen) atoms. The van der Waals surface area contributed by atoms with Gasteiger partial charge >= 0.3 is 0 Å². The monoisotopic (exact) mass is 599 g/mol. The number of rotatable bonds is 11. The minimum Gasteiger partial charge on any atom is -0.395 e. The van der Waals surface area contributed by atoms with Crippen molar-refractivity contribution in [1.29, 1.82) is 0 Å². The van der Waals surface area contributed by atoms with Crippen molar-refractivity contribution in [1.82, 2.24) is 10.6 Å². The molecule has 18 nitrogen and oxygen atoms in total. The molecule has 0 aromatic carbocycles. The lowest BCUT2D eigenvalue weighted by Crippen LogP contribution is -2.71. The van der Waals surface area contributed by atoms with Gasteiger partial charge in [0.15, 0.2) is 6.29 Å². The highest BCUT2D eigenvalue weighted by Gasteiger charge is 2.55. The second-order valence-corrected chi connectivity index (χ2v) is 10.8. The Labute approximate surface area is 236 Å². The molecule has 1 amide bonds. The van der Waals surface area contributed by atoms with Gasteiger partial charge in [-0.2, -0.15) is 0 Å². The molecule has 2 aliphatic heterocycles. The molecule has 16 unspecified atom stereocenters. The Hall–Kier alpha value is -1.17. The van der Waals surface area contributed by atoms with Crippen molar-refractivity contribution in [2.75, 3.05) is 32.8 Å². The van der Waals surface area contributed by atoms with E-state index in [2.05, 4.69) is 10.6 Å². The minimum absolute atomic E-state index is 0.0273. The van der Waals surface area contributed by atoms with Crippen LogP contribution < -0.4 is 27.8 Å². The number of ether oxygens (including phenoxy) is 3. The summed E-state index contributed by atoms with van der Waals surface area (Å²) in [4.78, 5) is 12.5. The molecule has 16 atom stereocenters. The molecule has 1 saturated carbocycles.